The molecule has 0 spiro atoms. The lowest BCUT2D eigenvalue weighted by Gasteiger charge is -2.09. The lowest BCUT2D eigenvalue weighted by atomic mass is 10.1. The van der Waals surface area contributed by atoms with E-state index in [1.807, 2.05) is 0 Å². The van der Waals surface area contributed by atoms with Crippen LogP contribution in [0.5, 0.6) is 0 Å². The van der Waals surface area contributed by atoms with Crippen molar-refractivity contribution in [3.63, 3.8) is 0 Å². The first kappa shape index (κ1) is 12.9. The zero-order chi connectivity index (χ0) is 13.1. The molecule has 0 aliphatic heterocycles. The zero-order valence-electron chi connectivity index (χ0n) is 9.15. The van der Waals surface area contributed by atoms with Crippen molar-refractivity contribution in [2.45, 2.75) is 0 Å². The molecule has 0 unspecified atom stereocenters. The van der Waals surface area contributed by atoms with E-state index >= 15 is 0 Å². The number of rotatable bonds is 2. The highest BCUT2D eigenvalue weighted by atomic mass is 79.9. The first-order chi connectivity index (χ1) is 8.59. The molecular formula is C12H9BrClN3O. The van der Waals surface area contributed by atoms with Gasteiger partial charge in [0.25, 0.3) is 5.91 Å². The molecule has 6 heteroatoms. The van der Waals surface area contributed by atoms with Crippen molar-refractivity contribution in [3.8, 4) is 0 Å². The summed E-state index contributed by atoms with van der Waals surface area (Å²) in [6.45, 7) is 0. The van der Waals surface area contributed by atoms with Gasteiger partial charge in [-0.25, -0.2) is 4.98 Å². The van der Waals surface area contributed by atoms with Gasteiger partial charge in [-0.2, -0.15) is 0 Å². The number of nitrogens with two attached hydrogens (primary N) is 1. The van der Waals surface area contributed by atoms with Gasteiger partial charge in [-0.05, 0) is 40.2 Å². The summed E-state index contributed by atoms with van der Waals surface area (Å²) < 4.78 is 0.555. The number of carbonyl (C=O) groups excluding carboxylic acids is 1. The Kier molecular flexibility index (Phi) is 3.84. The molecule has 4 nitrogen and oxygen atoms in total. The van der Waals surface area contributed by atoms with Crippen LogP contribution in [0.4, 0.5) is 11.4 Å². The van der Waals surface area contributed by atoms with Gasteiger partial charge in [-0.15, -0.1) is 0 Å². The van der Waals surface area contributed by atoms with Crippen molar-refractivity contribution in [2.24, 2.45) is 0 Å². The van der Waals surface area contributed by atoms with Crippen LogP contribution in [-0.4, -0.2) is 10.9 Å². The minimum absolute atomic E-state index is 0.261. The molecule has 0 bridgehead atoms. The number of hydrogen-bond donors (Lipinski definition) is 2. The Balaban J connectivity index is 2.28. The van der Waals surface area contributed by atoms with Gasteiger partial charge in [0.1, 0.15) is 4.60 Å². The summed E-state index contributed by atoms with van der Waals surface area (Å²) in [5, 5.41) is 3.06. The summed E-state index contributed by atoms with van der Waals surface area (Å²) in [6.07, 6.45) is 1.62. The normalized spacial score (nSPS) is 10.1. The number of anilines is 2. The third kappa shape index (κ3) is 2.63. The number of carbonyl (C=O) groups is 1. The average Bonchev–Trinajstić information content (AvgIpc) is 2.35. The van der Waals surface area contributed by atoms with E-state index < -0.39 is 0 Å². The number of halogens is 2. The van der Waals surface area contributed by atoms with Gasteiger partial charge >= 0.3 is 0 Å². The fourth-order valence-electron chi connectivity index (χ4n) is 1.40. The fraction of sp³-hybridized carbons (Fsp3) is 0. The number of hydrogen-bond acceptors (Lipinski definition) is 3. The van der Waals surface area contributed by atoms with Crippen molar-refractivity contribution in [1.82, 2.24) is 4.98 Å². The standard InChI is InChI=1S/C12H9BrClN3O/c13-11-9(5-2-6-16-11)17-12(18)7-3-1-4-8(14)10(7)15/h1-6H,15H2,(H,17,18). The lowest BCUT2D eigenvalue weighted by Crippen LogP contribution is -2.14. The van der Waals surface area contributed by atoms with Crippen LogP contribution in [0.15, 0.2) is 41.1 Å². The van der Waals surface area contributed by atoms with Gasteiger partial charge in [0, 0.05) is 6.20 Å². The summed E-state index contributed by atoms with van der Waals surface area (Å²) in [7, 11) is 0. The number of amides is 1. The second-order valence-electron chi connectivity index (χ2n) is 3.50. The molecule has 92 valence electrons. The van der Waals surface area contributed by atoms with Gasteiger partial charge in [0.2, 0.25) is 0 Å². The van der Waals surface area contributed by atoms with Gasteiger partial charge in [0.05, 0.1) is 22.0 Å². The first-order valence-electron chi connectivity index (χ1n) is 5.05. The van der Waals surface area contributed by atoms with Crippen molar-refractivity contribution in [1.29, 1.82) is 0 Å². The largest absolute Gasteiger partial charge is 0.397 e. The molecule has 2 aromatic rings. The molecule has 1 heterocycles. The fourth-order valence-corrected chi connectivity index (χ4v) is 1.93. The molecule has 0 saturated carbocycles. The Labute approximate surface area is 117 Å². The second kappa shape index (κ2) is 5.37. The molecule has 0 fully saturated rings. The van der Waals surface area contributed by atoms with E-state index in [-0.39, 0.29) is 11.6 Å². The van der Waals surface area contributed by atoms with Crippen molar-refractivity contribution in [2.75, 3.05) is 11.1 Å². The summed E-state index contributed by atoms with van der Waals surface area (Å²) in [5.41, 5.74) is 6.92. The number of nitrogens with one attached hydrogen (secondary N) is 1. The van der Waals surface area contributed by atoms with Gasteiger partial charge < -0.3 is 11.1 Å². The predicted molar refractivity (Wildman–Crippen MR) is 75.8 cm³/mol. The van der Waals surface area contributed by atoms with Crippen molar-refractivity contribution < 1.29 is 4.79 Å². The molecule has 18 heavy (non-hydrogen) atoms. The minimum Gasteiger partial charge on any atom is -0.397 e. The maximum Gasteiger partial charge on any atom is 0.257 e. The molecular weight excluding hydrogens is 318 g/mol. The predicted octanol–water partition coefficient (Wildman–Crippen LogP) is 3.33. The highest BCUT2D eigenvalue weighted by Crippen LogP contribution is 2.24. The summed E-state index contributed by atoms with van der Waals surface area (Å²) >= 11 is 9.11. The van der Waals surface area contributed by atoms with E-state index in [2.05, 4.69) is 26.2 Å². The van der Waals surface area contributed by atoms with Crippen molar-refractivity contribution >= 4 is 44.8 Å². The van der Waals surface area contributed by atoms with Crippen LogP contribution in [0.3, 0.4) is 0 Å². The van der Waals surface area contributed by atoms with Crippen molar-refractivity contribution in [3.05, 3.63) is 51.7 Å². The monoisotopic (exact) mass is 325 g/mol. The maximum atomic E-state index is 12.0. The van der Waals surface area contributed by atoms with Gasteiger partial charge in [0.15, 0.2) is 0 Å². The third-order valence-corrected chi connectivity index (χ3v) is 3.27. The first-order valence-corrected chi connectivity index (χ1v) is 6.22. The van der Waals surface area contributed by atoms with Crippen LogP contribution < -0.4 is 11.1 Å². The lowest BCUT2D eigenvalue weighted by molar-refractivity contribution is 0.102. The molecule has 1 aromatic carbocycles. The molecule has 1 aromatic heterocycles. The molecule has 2 rings (SSSR count). The van der Waals surface area contributed by atoms with E-state index in [9.17, 15) is 4.79 Å². The Morgan fingerprint density at radius 3 is 2.83 bits per heavy atom. The summed E-state index contributed by atoms with van der Waals surface area (Å²) in [4.78, 5) is 16.1. The number of nitrogens with zero attached hydrogens (tertiary/aromatic N) is 1. The zero-order valence-corrected chi connectivity index (χ0v) is 11.5. The summed E-state index contributed by atoms with van der Waals surface area (Å²) in [5.74, 6) is -0.330. The Bertz CT molecular complexity index is 604. The molecule has 0 saturated heterocycles. The maximum absolute atomic E-state index is 12.0. The van der Waals surface area contributed by atoms with Crippen LogP contribution in [0, 0.1) is 0 Å². The minimum atomic E-state index is -0.330. The molecule has 3 N–H and O–H groups in total. The molecule has 0 atom stereocenters. The number of pyridine rings is 1. The molecule has 0 radical (unpaired) electrons. The Hall–Kier alpha value is -1.59. The van der Waals surface area contributed by atoms with Crippen LogP contribution >= 0.6 is 27.5 Å². The molecule has 1 amide bonds. The number of benzene rings is 1. The SMILES string of the molecule is Nc1c(Cl)cccc1C(=O)Nc1cccnc1Br. The van der Waals surface area contributed by atoms with Crippen LogP contribution in [0.1, 0.15) is 10.4 Å². The number of aromatic nitrogens is 1. The average molecular weight is 327 g/mol. The van der Waals surface area contributed by atoms with Gasteiger partial charge in [-0.1, -0.05) is 17.7 Å². The number of nitrogen functional groups attached to an aromatic ring is 1. The smallest absolute Gasteiger partial charge is 0.257 e. The van der Waals surface area contributed by atoms with E-state index in [4.69, 9.17) is 17.3 Å². The Morgan fingerprint density at radius 2 is 2.11 bits per heavy atom. The quantitative estimate of drug-likeness (QED) is 0.657. The van der Waals surface area contributed by atoms with Crippen LogP contribution in [0.25, 0.3) is 0 Å². The van der Waals surface area contributed by atoms with E-state index in [1.54, 1.807) is 36.5 Å². The highest BCUT2D eigenvalue weighted by molar-refractivity contribution is 9.10. The highest BCUT2D eigenvalue weighted by Gasteiger charge is 2.13. The van der Waals surface area contributed by atoms with Crippen LogP contribution in [0.2, 0.25) is 5.02 Å². The van der Waals surface area contributed by atoms with E-state index in [0.717, 1.165) is 0 Å². The molecule has 0 aliphatic carbocycles. The van der Waals surface area contributed by atoms with E-state index in [0.29, 0.717) is 20.9 Å². The third-order valence-electron chi connectivity index (χ3n) is 2.30. The second-order valence-corrected chi connectivity index (χ2v) is 4.66. The molecule has 0 aliphatic rings. The summed E-state index contributed by atoms with van der Waals surface area (Å²) in [6, 6.07) is 8.37. The van der Waals surface area contributed by atoms with Crippen LogP contribution in [-0.2, 0) is 0 Å². The Morgan fingerprint density at radius 1 is 1.33 bits per heavy atom. The topological polar surface area (TPSA) is 68.0 Å². The van der Waals surface area contributed by atoms with E-state index in [1.165, 1.54) is 0 Å². The van der Waals surface area contributed by atoms with Gasteiger partial charge in [-0.3, -0.25) is 4.79 Å². The number of para-hydroxylation sites is 1.